The number of amides is 6. The van der Waals surface area contributed by atoms with Crippen LogP contribution in [0, 0.1) is 6.92 Å². The zero-order valence-electron chi connectivity index (χ0n) is 20.4. The first-order valence-electron chi connectivity index (χ1n) is 11.5. The molecule has 6 amide bonds. The SMILES string of the molecule is Cc1ccccc1NC(=O)Nc1ccc(CN2C(=O)N(CC(=O)NCCC(O)O)C(=O)C2(C)C)cc1. The number of aliphatic hydroxyl groups is 2. The van der Waals surface area contributed by atoms with Gasteiger partial charge < -0.3 is 31.1 Å². The first kappa shape index (κ1) is 26.6. The summed E-state index contributed by atoms with van der Waals surface area (Å²) in [5.74, 6) is -1.08. The molecule has 1 aliphatic rings. The van der Waals surface area contributed by atoms with Crippen LogP contribution < -0.4 is 16.0 Å². The van der Waals surface area contributed by atoms with Gasteiger partial charge >= 0.3 is 12.1 Å². The molecule has 1 fully saturated rings. The quantitative estimate of drug-likeness (QED) is 0.264. The van der Waals surface area contributed by atoms with Crippen molar-refractivity contribution in [3.8, 4) is 0 Å². The maximum absolute atomic E-state index is 13.0. The van der Waals surface area contributed by atoms with Crippen LogP contribution in [0.4, 0.5) is 21.0 Å². The molecule has 0 saturated carbocycles. The predicted molar refractivity (Wildman–Crippen MR) is 133 cm³/mol. The fourth-order valence-electron chi connectivity index (χ4n) is 3.74. The molecule has 3 rings (SSSR count). The van der Waals surface area contributed by atoms with E-state index in [1.54, 1.807) is 44.2 Å². The minimum atomic E-state index is -1.56. The van der Waals surface area contributed by atoms with Crippen molar-refractivity contribution in [1.29, 1.82) is 0 Å². The van der Waals surface area contributed by atoms with Crippen LogP contribution in [0.2, 0.25) is 0 Å². The third-order valence-corrected chi connectivity index (χ3v) is 5.88. The normalized spacial score (nSPS) is 14.8. The van der Waals surface area contributed by atoms with Crippen LogP contribution in [0.3, 0.4) is 0 Å². The zero-order chi connectivity index (χ0) is 26.5. The van der Waals surface area contributed by atoms with Crippen molar-refractivity contribution in [1.82, 2.24) is 15.1 Å². The van der Waals surface area contributed by atoms with Gasteiger partial charge in [0.2, 0.25) is 5.91 Å². The Bertz CT molecular complexity index is 1130. The molecule has 192 valence electrons. The van der Waals surface area contributed by atoms with E-state index >= 15 is 0 Å². The summed E-state index contributed by atoms with van der Waals surface area (Å²) in [5.41, 5.74) is 1.76. The van der Waals surface area contributed by atoms with Crippen LogP contribution in [0.1, 0.15) is 31.4 Å². The lowest BCUT2D eigenvalue weighted by molar-refractivity contribution is -0.135. The summed E-state index contributed by atoms with van der Waals surface area (Å²) in [6, 6.07) is 13.3. The average Bonchev–Trinajstić information content (AvgIpc) is 2.96. The number of hydrogen-bond acceptors (Lipinski definition) is 6. The maximum Gasteiger partial charge on any atom is 0.328 e. The van der Waals surface area contributed by atoms with Gasteiger partial charge in [0.05, 0.1) is 0 Å². The molecule has 0 unspecified atom stereocenters. The van der Waals surface area contributed by atoms with E-state index in [-0.39, 0.29) is 25.5 Å². The standard InChI is InChI=1S/C25H31N5O6/c1-16-6-4-5-7-19(16)28-23(35)27-18-10-8-17(9-11-18)14-30-24(36)29(22(34)25(30,2)3)15-20(31)26-13-12-21(32)33/h4-11,21,32-33H,12-15H2,1-3H3,(H,26,31)(H2,27,28,35). The van der Waals surface area contributed by atoms with Gasteiger partial charge in [-0.2, -0.15) is 0 Å². The zero-order valence-corrected chi connectivity index (χ0v) is 20.4. The van der Waals surface area contributed by atoms with Crippen LogP contribution in [0.25, 0.3) is 0 Å². The fourth-order valence-corrected chi connectivity index (χ4v) is 3.74. The summed E-state index contributed by atoms with van der Waals surface area (Å²) in [4.78, 5) is 52.5. The highest BCUT2D eigenvalue weighted by Crippen LogP contribution is 2.29. The Morgan fingerprint density at radius 2 is 1.67 bits per heavy atom. The smallest absolute Gasteiger partial charge is 0.328 e. The molecule has 1 aliphatic heterocycles. The molecule has 5 N–H and O–H groups in total. The molecule has 0 bridgehead atoms. The van der Waals surface area contributed by atoms with Gasteiger partial charge in [0.15, 0.2) is 6.29 Å². The lowest BCUT2D eigenvalue weighted by Gasteiger charge is -2.27. The van der Waals surface area contributed by atoms with E-state index in [1.807, 2.05) is 25.1 Å². The fraction of sp³-hybridized carbons (Fsp3) is 0.360. The van der Waals surface area contributed by atoms with Crippen LogP contribution in [-0.2, 0) is 16.1 Å². The Balaban J connectivity index is 1.60. The van der Waals surface area contributed by atoms with Crippen molar-refractivity contribution in [3.63, 3.8) is 0 Å². The second kappa shape index (κ2) is 11.2. The molecule has 0 aliphatic carbocycles. The van der Waals surface area contributed by atoms with Crippen molar-refractivity contribution < 1.29 is 29.4 Å². The molecule has 0 atom stereocenters. The molecule has 11 heteroatoms. The lowest BCUT2D eigenvalue weighted by Crippen LogP contribution is -2.44. The molecule has 2 aromatic carbocycles. The molecule has 0 aromatic heterocycles. The molecule has 2 aromatic rings. The molecular weight excluding hydrogens is 466 g/mol. The van der Waals surface area contributed by atoms with Gasteiger partial charge in [0, 0.05) is 30.9 Å². The maximum atomic E-state index is 13.0. The first-order chi connectivity index (χ1) is 17.0. The van der Waals surface area contributed by atoms with E-state index < -0.39 is 36.2 Å². The van der Waals surface area contributed by atoms with Crippen LogP contribution in [-0.4, -0.2) is 68.8 Å². The van der Waals surface area contributed by atoms with E-state index in [4.69, 9.17) is 10.2 Å². The monoisotopic (exact) mass is 497 g/mol. The van der Waals surface area contributed by atoms with Crippen LogP contribution >= 0.6 is 0 Å². The van der Waals surface area contributed by atoms with Crippen molar-refractivity contribution in [3.05, 3.63) is 59.7 Å². The molecular formula is C25H31N5O6. The van der Waals surface area contributed by atoms with Crippen LogP contribution in [0.15, 0.2) is 48.5 Å². The highest BCUT2D eigenvalue weighted by atomic mass is 16.5. The Labute approximate surface area is 209 Å². The van der Waals surface area contributed by atoms with Gasteiger partial charge in [0.25, 0.3) is 5.91 Å². The van der Waals surface area contributed by atoms with Crippen molar-refractivity contribution in [2.24, 2.45) is 0 Å². The molecule has 36 heavy (non-hydrogen) atoms. The largest absolute Gasteiger partial charge is 0.368 e. The number of anilines is 2. The van der Waals surface area contributed by atoms with Gasteiger partial charge in [0.1, 0.15) is 12.1 Å². The number of nitrogens with zero attached hydrogens (tertiary/aromatic N) is 2. The second-order valence-electron chi connectivity index (χ2n) is 9.03. The minimum absolute atomic E-state index is 0.00317. The summed E-state index contributed by atoms with van der Waals surface area (Å²) in [7, 11) is 0. The number of urea groups is 2. The predicted octanol–water partition coefficient (Wildman–Crippen LogP) is 2.00. The first-order valence-corrected chi connectivity index (χ1v) is 11.5. The van der Waals surface area contributed by atoms with Gasteiger partial charge in [-0.25, -0.2) is 9.59 Å². The number of rotatable bonds is 9. The summed E-state index contributed by atoms with van der Waals surface area (Å²) in [6.45, 7) is 4.79. The highest BCUT2D eigenvalue weighted by molar-refractivity contribution is 6.08. The van der Waals surface area contributed by atoms with Gasteiger partial charge in [-0.1, -0.05) is 30.3 Å². The summed E-state index contributed by atoms with van der Waals surface area (Å²) in [6.07, 6.45) is -1.62. The number of para-hydroxylation sites is 1. The third-order valence-electron chi connectivity index (χ3n) is 5.88. The second-order valence-corrected chi connectivity index (χ2v) is 9.03. The van der Waals surface area contributed by atoms with E-state index in [1.165, 1.54) is 4.90 Å². The molecule has 1 heterocycles. The topological polar surface area (TPSA) is 151 Å². The number of nitrogens with one attached hydrogen (secondary N) is 3. The lowest BCUT2D eigenvalue weighted by atomic mass is 10.0. The number of imide groups is 1. The Hall–Kier alpha value is -3.96. The van der Waals surface area contributed by atoms with E-state index in [9.17, 15) is 19.2 Å². The Morgan fingerprint density at radius 3 is 2.31 bits per heavy atom. The van der Waals surface area contributed by atoms with Gasteiger partial charge in [-0.3, -0.25) is 14.5 Å². The Morgan fingerprint density at radius 1 is 1.00 bits per heavy atom. The highest BCUT2D eigenvalue weighted by Gasteiger charge is 2.51. The number of benzene rings is 2. The molecule has 11 nitrogen and oxygen atoms in total. The van der Waals surface area contributed by atoms with Crippen molar-refractivity contribution in [2.45, 2.75) is 45.6 Å². The minimum Gasteiger partial charge on any atom is -0.368 e. The molecule has 0 spiro atoms. The average molecular weight is 498 g/mol. The van der Waals surface area contributed by atoms with E-state index in [2.05, 4.69) is 16.0 Å². The van der Waals surface area contributed by atoms with Crippen molar-refractivity contribution in [2.75, 3.05) is 23.7 Å². The molecule has 1 saturated heterocycles. The van der Waals surface area contributed by atoms with E-state index in [0.29, 0.717) is 11.4 Å². The molecule has 0 radical (unpaired) electrons. The summed E-state index contributed by atoms with van der Waals surface area (Å²) in [5, 5.41) is 25.7. The van der Waals surface area contributed by atoms with E-state index in [0.717, 1.165) is 16.0 Å². The Kier molecular flexibility index (Phi) is 8.28. The number of aliphatic hydroxyl groups excluding tert-OH is 1. The number of carbonyl (C=O) groups excluding carboxylic acids is 4. The third kappa shape index (κ3) is 6.37. The number of carbonyl (C=O) groups is 4. The summed E-state index contributed by atoms with van der Waals surface area (Å²) >= 11 is 0. The van der Waals surface area contributed by atoms with Crippen molar-refractivity contribution >= 4 is 35.3 Å². The number of aryl methyl sites for hydroxylation is 1. The van der Waals surface area contributed by atoms with Gasteiger partial charge in [-0.05, 0) is 50.1 Å². The summed E-state index contributed by atoms with van der Waals surface area (Å²) < 4.78 is 0. The van der Waals surface area contributed by atoms with Crippen LogP contribution in [0.5, 0.6) is 0 Å². The van der Waals surface area contributed by atoms with Gasteiger partial charge in [-0.15, -0.1) is 0 Å². The number of hydrogen-bond donors (Lipinski definition) is 5.